The zero-order valence-electron chi connectivity index (χ0n) is 14.6. The van der Waals surface area contributed by atoms with E-state index in [1.807, 2.05) is 0 Å². The third-order valence-corrected chi connectivity index (χ3v) is 6.29. The molecule has 1 amide bonds. The van der Waals surface area contributed by atoms with Crippen LogP contribution in [0.2, 0.25) is 0 Å². The molecule has 26 heavy (non-hydrogen) atoms. The maximum absolute atomic E-state index is 13.1. The van der Waals surface area contributed by atoms with Crippen molar-refractivity contribution < 1.29 is 41.5 Å². The van der Waals surface area contributed by atoms with Crippen LogP contribution in [-0.2, 0) is 38.1 Å². The van der Waals surface area contributed by atoms with Crippen molar-refractivity contribution in [1.82, 2.24) is 4.90 Å². The number of amides is 1. The van der Waals surface area contributed by atoms with Crippen LogP contribution in [-0.4, -0.2) is 91.0 Å². The number of thioether (sulfide) groups is 1. The molecular weight excluding hydrogens is 390 g/mol. The molecule has 3 saturated heterocycles. The van der Waals surface area contributed by atoms with Gasteiger partial charge in [0.25, 0.3) is 16.0 Å². The molecule has 3 aliphatic rings. The van der Waals surface area contributed by atoms with E-state index >= 15 is 0 Å². The van der Waals surface area contributed by atoms with Crippen LogP contribution in [0.25, 0.3) is 0 Å². The standard InChI is InChI=1S/C14H21NO9S2/c1-14(2)22-8-7(16)12-15(6(5-25-12)13(18)21-3)11(17)10(9(8)23-14)24-26(4,19)20/h6-10,12,16H,5H2,1-4H3/t6-,7-,8+,9-,10-,12-/m0/s1. The minimum absolute atomic E-state index is 0.202. The number of esters is 1. The molecule has 0 unspecified atom stereocenters. The smallest absolute Gasteiger partial charge is 0.329 e. The van der Waals surface area contributed by atoms with E-state index in [2.05, 4.69) is 0 Å². The first-order chi connectivity index (χ1) is 11.9. The van der Waals surface area contributed by atoms with E-state index in [0.717, 1.165) is 11.2 Å². The number of aliphatic hydroxyl groups is 1. The second-order valence-corrected chi connectivity index (χ2v) is 9.54. The average molecular weight is 411 g/mol. The summed E-state index contributed by atoms with van der Waals surface area (Å²) in [5, 5.41) is 9.98. The lowest BCUT2D eigenvalue weighted by molar-refractivity contribution is -0.174. The Hall–Kier alpha value is -0.920. The van der Waals surface area contributed by atoms with Gasteiger partial charge in [-0.2, -0.15) is 8.42 Å². The lowest BCUT2D eigenvalue weighted by Gasteiger charge is -2.31. The number of aliphatic hydroxyl groups excluding tert-OH is 1. The third-order valence-electron chi connectivity index (χ3n) is 4.38. The Morgan fingerprint density at radius 2 is 1.96 bits per heavy atom. The molecule has 1 N–H and O–H groups in total. The van der Waals surface area contributed by atoms with E-state index in [4.69, 9.17) is 18.4 Å². The molecule has 12 heteroatoms. The molecule has 3 aliphatic heterocycles. The van der Waals surface area contributed by atoms with Crippen molar-refractivity contribution in [2.75, 3.05) is 19.1 Å². The van der Waals surface area contributed by atoms with E-state index in [1.54, 1.807) is 13.8 Å². The Labute approximate surface area is 155 Å². The van der Waals surface area contributed by atoms with Crippen LogP contribution >= 0.6 is 11.8 Å². The first-order valence-corrected chi connectivity index (χ1v) is 10.8. The zero-order chi connectivity index (χ0) is 19.4. The summed E-state index contributed by atoms with van der Waals surface area (Å²) in [6.45, 7) is 3.18. The molecule has 0 saturated carbocycles. The summed E-state index contributed by atoms with van der Waals surface area (Å²) >= 11 is 1.19. The van der Waals surface area contributed by atoms with Gasteiger partial charge in [-0.1, -0.05) is 0 Å². The molecular formula is C14H21NO9S2. The number of hydrogen-bond donors (Lipinski definition) is 1. The van der Waals surface area contributed by atoms with Crippen LogP contribution in [0.1, 0.15) is 13.8 Å². The van der Waals surface area contributed by atoms with Gasteiger partial charge in [0.15, 0.2) is 11.9 Å². The number of hydrogen-bond acceptors (Lipinski definition) is 10. The van der Waals surface area contributed by atoms with E-state index in [1.165, 1.54) is 18.9 Å². The third kappa shape index (κ3) is 3.45. The van der Waals surface area contributed by atoms with Crippen LogP contribution in [0.4, 0.5) is 0 Å². The number of carbonyl (C=O) groups excluding carboxylic acids is 2. The Balaban J connectivity index is 2.04. The van der Waals surface area contributed by atoms with Crippen molar-refractivity contribution in [1.29, 1.82) is 0 Å². The van der Waals surface area contributed by atoms with E-state index in [-0.39, 0.29) is 5.75 Å². The molecule has 3 fully saturated rings. The maximum atomic E-state index is 13.1. The number of fused-ring (bicyclic) bond motifs is 2. The SMILES string of the molecule is COC(=O)[C@@H]1CS[C@H]2[C@@H](O)[C@H]3OC(C)(C)O[C@@H]3[C@H](OS(C)(=O)=O)C(=O)N12. The van der Waals surface area contributed by atoms with Crippen molar-refractivity contribution >= 4 is 33.8 Å². The van der Waals surface area contributed by atoms with Crippen LogP contribution < -0.4 is 0 Å². The predicted octanol–water partition coefficient (Wildman–Crippen LogP) is -1.33. The number of nitrogens with zero attached hydrogens (tertiary/aromatic N) is 1. The van der Waals surface area contributed by atoms with E-state index < -0.39 is 63.6 Å². The fourth-order valence-electron chi connectivity index (χ4n) is 3.44. The summed E-state index contributed by atoms with van der Waals surface area (Å²) in [7, 11) is -2.84. The molecule has 0 radical (unpaired) electrons. The predicted molar refractivity (Wildman–Crippen MR) is 88.4 cm³/mol. The summed E-state index contributed by atoms with van der Waals surface area (Å²) in [4.78, 5) is 26.3. The van der Waals surface area contributed by atoms with Crippen LogP contribution in [0.5, 0.6) is 0 Å². The van der Waals surface area contributed by atoms with Crippen molar-refractivity contribution in [2.45, 2.75) is 55.5 Å². The van der Waals surface area contributed by atoms with Gasteiger partial charge in [-0.15, -0.1) is 11.8 Å². The minimum atomic E-state index is -4.03. The summed E-state index contributed by atoms with van der Waals surface area (Å²) in [6.07, 6.45) is -4.13. The summed E-state index contributed by atoms with van der Waals surface area (Å²) < 4.78 is 44.5. The molecule has 0 aliphatic carbocycles. The second-order valence-electron chi connectivity index (χ2n) is 6.78. The molecule has 0 spiro atoms. The van der Waals surface area contributed by atoms with Gasteiger partial charge in [-0.25, -0.2) is 4.79 Å². The highest BCUT2D eigenvalue weighted by Crippen LogP contribution is 2.43. The van der Waals surface area contributed by atoms with Gasteiger partial charge in [0.1, 0.15) is 29.7 Å². The van der Waals surface area contributed by atoms with Crippen molar-refractivity contribution in [3.05, 3.63) is 0 Å². The summed E-state index contributed by atoms with van der Waals surface area (Å²) in [6, 6.07) is -0.963. The maximum Gasteiger partial charge on any atom is 0.329 e. The molecule has 0 aromatic heterocycles. The zero-order valence-corrected chi connectivity index (χ0v) is 16.3. The largest absolute Gasteiger partial charge is 0.467 e. The van der Waals surface area contributed by atoms with Crippen LogP contribution in [0.15, 0.2) is 0 Å². The van der Waals surface area contributed by atoms with Gasteiger partial charge in [0.2, 0.25) is 0 Å². The number of rotatable bonds is 3. The summed E-state index contributed by atoms with van der Waals surface area (Å²) in [5.41, 5.74) is 0. The van der Waals surface area contributed by atoms with Crippen molar-refractivity contribution in [3.63, 3.8) is 0 Å². The van der Waals surface area contributed by atoms with Gasteiger partial charge in [0, 0.05) is 5.75 Å². The highest BCUT2D eigenvalue weighted by molar-refractivity contribution is 8.00. The lowest BCUT2D eigenvalue weighted by Crippen LogP contribution is -2.53. The first kappa shape index (κ1) is 19.8. The molecule has 0 aromatic carbocycles. The molecule has 6 atom stereocenters. The molecule has 3 heterocycles. The number of carbonyl (C=O) groups is 2. The van der Waals surface area contributed by atoms with Crippen molar-refractivity contribution in [2.24, 2.45) is 0 Å². The molecule has 148 valence electrons. The Morgan fingerprint density at radius 3 is 2.54 bits per heavy atom. The Bertz CT molecular complexity index is 709. The van der Waals surface area contributed by atoms with Gasteiger partial charge in [-0.3, -0.25) is 8.98 Å². The van der Waals surface area contributed by atoms with E-state index in [0.29, 0.717) is 0 Å². The van der Waals surface area contributed by atoms with E-state index in [9.17, 15) is 23.1 Å². The average Bonchev–Trinajstić information content (AvgIpc) is 3.08. The van der Waals surface area contributed by atoms with Gasteiger partial charge >= 0.3 is 5.97 Å². The molecule has 10 nitrogen and oxygen atoms in total. The van der Waals surface area contributed by atoms with Gasteiger partial charge in [-0.05, 0) is 13.8 Å². The Kier molecular flexibility index (Phi) is 5.04. The first-order valence-electron chi connectivity index (χ1n) is 7.89. The minimum Gasteiger partial charge on any atom is -0.467 e. The fourth-order valence-corrected chi connectivity index (χ4v) is 5.44. The lowest BCUT2D eigenvalue weighted by atomic mass is 10.1. The molecule has 0 bridgehead atoms. The monoisotopic (exact) mass is 411 g/mol. The van der Waals surface area contributed by atoms with Crippen LogP contribution in [0.3, 0.4) is 0 Å². The molecule has 3 rings (SSSR count). The van der Waals surface area contributed by atoms with Gasteiger partial charge < -0.3 is 24.2 Å². The quantitative estimate of drug-likeness (QED) is 0.440. The second kappa shape index (κ2) is 6.60. The molecule has 0 aromatic rings. The summed E-state index contributed by atoms with van der Waals surface area (Å²) in [5.74, 6) is -2.36. The fraction of sp³-hybridized carbons (Fsp3) is 0.857. The van der Waals surface area contributed by atoms with Gasteiger partial charge in [0.05, 0.1) is 13.4 Å². The Morgan fingerprint density at radius 1 is 1.35 bits per heavy atom. The highest BCUT2D eigenvalue weighted by Gasteiger charge is 2.61. The highest BCUT2D eigenvalue weighted by atomic mass is 32.2. The number of ether oxygens (including phenoxy) is 3. The van der Waals surface area contributed by atoms with Crippen molar-refractivity contribution in [3.8, 4) is 0 Å². The van der Waals surface area contributed by atoms with Crippen LogP contribution in [0, 0.1) is 0 Å². The number of methoxy groups -OCH3 is 1. The normalized spacial score (nSPS) is 39.3. The topological polar surface area (TPSA) is 129 Å².